The second-order valence-corrected chi connectivity index (χ2v) is 4.85. The molecule has 0 atom stereocenters. The van der Waals surface area contributed by atoms with Crippen LogP contribution in [-0.2, 0) is 16.1 Å². The van der Waals surface area contributed by atoms with Gasteiger partial charge in [-0.3, -0.25) is 14.5 Å². The van der Waals surface area contributed by atoms with Gasteiger partial charge in [-0.2, -0.15) is 0 Å². The van der Waals surface area contributed by atoms with E-state index >= 15 is 0 Å². The summed E-state index contributed by atoms with van der Waals surface area (Å²) in [6.07, 6.45) is 3.59. The van der Waals surface area contributed by atoms with Crippen LogP contribution >= 0.6 is 0 Å². The van der Waals surface area contributed by atoms with Crippen LogP contribution in [0.4, 0.5) is 0 Å². The SMILES string of the molecule is O=C1C2=C(CCCC2)C(=O)N1Cc1ccccc1. The van der Waals surface area contributed by atoms with Crippen LogP contribution in [0.1, 0.15) is 31.2 Å². The Morgan fingerprint density at radius 2 is 1.44 bits per heavy atom. The Bertz CT molecular complexity index is 503. The molecule has 0 saturated heterocycles. The van der Waals surface area contributed by atoms with Crippen molar-refractivity contribution in [2.24, 2.45) is 0 Å². The van der Waals surface area contributed by atoms with Gasteiger partial charge in [0.25, 0.3) is 11.8 Å². The molecule has 3 heteroatoms. The molecule has 0 radical (unpaired) electrons. The van der Waals surface area contributed by atoms with E-state index in [9.17, 15) is 9.59 Å². The minimum atomic E-state index is -0.0708. The number of hydrogen-bond acceptors (Lipinski definition) is 2. The van der Waals surface area contributed by atoms with Gasteiger partial charge in [-0.1, -0.05) is 30.3 Å². The number of carbonyl (C=O) groups is 2. The Labute approximate surface area is 106 Å². The maximum absolute atomic E-state index is 12.2. The first-order valence-electron chi connectivity index (χ1n) is 6.39. The number of hydrogen-bond donors (Lipinski definition) is 0. The van der Waals surface area contributed by atoms with E-state index in [0.29, 0.717) is 6.54 Å². The van der Waals surface area contributed by atoms with Gasteiger partial charge in [0.15, 0.2) is 0 Å². The number of imide groups is 1. The van der Waals surface area contributed by atoms with Gasteiger partial charge in [0.2, 0.25) is 0 Å². The summed E-state index contributed by atoms with van der Waals surface area (Å²) in [7, 11) is 0. The van der Waals surface area contributed by atoms with Gasteiger partial charge in [0.05, 0.1) is 6.54 Å². The van der Waals surface area contributed by atoms with E-state index in [1.165, 1.54) is 4.90 Å². The first-order valence-corrected chi connectivity index (χ1v) is 6.39. The third-order valence-electron chi connectivity index (χ3n) is 3.66. The van der Waals surface area contributed by atoms with Crippen LogP contribution in [0.25, 0.3) is 0 Å². The predicted octanol–water partition coefficient (Wildman–Crippen LogP) is 2.43. The highest BCUT2D eigenvalue weighted by molar-refractivity contribution is 6.19. The zero-order chi connectivity index (χ0) is 12.5. The van der Waals surface area contributed by atoms with E-state index in [-0.39, 0.29) is 11.8 Å². The highest BCUT2D eigenvalue weighted by atomic mass is 16.2. The van der Waals surface area contributed by atoms with Gasteiger partial charge in [-0.05, 0) is 31.2 Å². The van der Waals surface area contributed by atoms with Crippen LogP contribution in [0.5, 0.6) is 0 Å². The van der Waals surface area contributed by atoms with Crippen molar-refractivity contribution in [2.45, 2.75) is 32.2 Å². The van der Waals surface area contributed by atoms with Crippen LogP contribution in [0, 0.1) is 0 Å². The number of carbonyl (C=O) groups excluding carboxylic acids is 2. The first kappa shape index (κ1) is 11.2. The van der Waals surface area contributed by atoms with E-state index in [1.54, 1.807) is 0 Å². The summed E-state index contributed by atoms with van der Waals surface area (Å²) in [5.41, 5.74) is 2.53. The van der Waals surface area contributed by atoms with Crippen molar-refractivity contribution < 1.29 is 9.59 Å². The standard InChI is InChI=1S/C15H15NO2/c17-14-12-8-4-5-9-13(12)15(18)16(14)10-11-6-2-1-3-7-11/h1-3,6-7H,4-5,8-10H2. The third-order valence-corrected chi connectivity index (χ3v) is 3.66. The minimum Gasteiger partial charge on any atom is -0.270 e. The molecule has 1 aliphatic heterocycles. The Morgan fingerprint density at radius 3 is 2.00 bits per heavy atom. The Morgan fingerprint density at radius 1 is 0.889 bits per heavy atom. The number of rotatable bonds is 2. The molecule has 0 unspecified atom stereocenters. The van der Waals surface area contributed by atoms with Crippen molar-refractivity contribution in [1.29, 1.82) is 0 Å². The number of nitrogens with zero attached hydrogens (tertiary/aromatic N) is 1. The summed E-state index contributed by atoms with van der Waals surface area (Å²) in [5.74, 6) is -0.142. The van der Waals surface area contributed by atoms with Gasteiger partial charge >= 0.3 is 0 Å². The second-order valence-electron chi connectivity index (χ2n) is 4.85. The maximum atomic E-state index is 12.2. The first-order chi connectivity index (χ1) is 8.77. The largest absolute Gasteiger partial charge is 0.270 e. The van der Waals surface area contributed by atoms with Crippen molar-refractivity contribution in [1.82, 2.24) is 4.90 Å². The monoisotopic (exact) mass is 241 g/mol. The molecule has 3 rings (SSSR count). The molecular formula is C15H15NO2. The molecule has 0 saturated carbocycles. The molecule has 0 spiro atoms. The highest BCUT2D eigenvalue weighted by Gasteiger charge is 2.38. The van der Waals surface area contributed by atoms with Crippen LogP contribution in [0.15, 0.2) is 41.5 Å². The van der Waals surface area contributed by atoms with Crippen molar-refractivity contribution in [3.05, 3.63) is 47.0 Å². The second kappa shape index (κ2) is 4.41. The van der Waals surface area contributed by atoms with Crippen LogP contribution in [-0.4, -0.2) is 16.7 Å². The lowest BCUT2D eigenvalue weighted by atomic mass is 9.93. The molecule has 2 amide bonds. The maximum Gasteiger partial charge on any atom is 0.257 e. The van der Waals surface area contributed by atoms with Gasteiger partial charge in [-0.15, -0.1) is 0 Å². The summed E-state index contributed by atoms with van der Waals surface area (Å²) in [6.45, 7) is 0.394. The molecule has 1 aromatic carbocycles. The number of benzene rings is 1. The zero-order valence-corrected chi connectivity index (χ0v) is 10.2. The Hall–Kier alpha value is -1.90. The fraction of sp³-hybridized carbons (Fsp3) is 0.333. The molecule has 18 heavy (non-hydrogen) atoms. The normalized spacial score (nSPS) is 19.4. The lowest BCUT2D eigenvalue weighted by molar-refractivity contribution is -0.138. The van der Waals surface area contributed by atoms with Crippen molar-refractivity contribution in [3.63, 3.8) is 0 Å². The molecule has 3 nitrogen and oxygen atoms in total. The summed E-state index contributed by atoms with van der Waals surface area (Å²) < 4.78 is 0. The lowest BCUT2D eigenvalue weighted by Crippen LogP contribution is -2.31. The van der Waals surface area contributed by atoms with E-state index in [0.717, 1.165) is 42.4 Å². The molecule has 92 valence electrons. The average molecular weight is 241 g/mol. The molecule has 0 bridgehead atoms. The summed E-state index contributed by atoms with van der Waals surface area (Å²) >= 11 is 0. The quantitative estimate of drug-likeness (QED) is 0.746. The molecule has 0 fully saturated rings. The van der Waals surface area contributed by atoms with Crippen molar-refractivity contribution in [3.8, 4) is 0 Å². The fourth-order valence-corrected chi connectivity index (χ4v) is 2.71. The minimum absolute atomic E-state index is 0.0708. The summed E-state index contributed by atoms with van der Waals surface area (Å²) in [6, 6.07) is 9.66. The highest BCUT2D eigenvalue weighted by Crippen LogP contribution is 2.33. The lowest BCUT2D eigenvalue weighted by Gasteiger charge is -2.14. The van der Waals surface area contributed by atoms with Gasteiger partial charge in [0.1, 0.15) is 0 Å². The number of amides is 2. The molecule has 0 aromatic heterocycles. The van der Waals surface area contributed by atoms with Crippen LogP contribution < -0.4 is 0 Å². The summed E-state index contributed by atoms with van der Waals surface area (Å²) in [4.78, 5) is 25.8. The fourth-order valence-electron chi connectivity index (χ4n) is 2.71. The van der Waals surface area contributed by atoms with Crippen LogP contribution in [0.3, 0.4) is 0 Å². The van der Waals surface area contributed by atoms with E-state index in [4.69, 9.17) is 0 Å². The third kappa shape index (κ3) is 1.76. The van der Waals surface area contributed by atoms with E-state index < -0.39 is 0 Å². The average Bonchev–Trinajstić information content (AvgIpc) is 2.66. The van der Waals surface area contributed by atoms with E-state index in [1.807, 2.05) is 30.3 Å². The molecule has 0 N–H and O–H groups in total. The van der Waals surface area contributed by atoms with Crippen molar-refractivity contribution >= 4 is 11.8 Å². The molecule has 1 heterocycles. The Kier molecular flexibility index (Phi) is 2.74. The predicted molar refractivity (Wildman–Crippen MR) is 67.5 cm³/mol. The Balaban J connectivity index is 1.84. The van der Waals surface area contributed by atoms with Crippen LogP contribution in [0.2, 0.25) is 0 Å². The molecular weight excluding hydrogens is 226 g/mol. The van der Waals surface area contributed by atoms with Gasteiger partial charge in [-0.25, -0.2) is 0 Å². The van der Waals surface area contributed by atoms with Crippen molar-refractivity contribution in [2.75, 3.05) is 0 Å². The van der Waals surface area contributed by atoms with Gasteiger partial charge < -0.3 is 0 Å². The topological polar surface area (TPSA) is 37.4 Å². The molecule has 1 aromatic rings. The van der Waals surface area contributed by atoms with E-state index in [2.05, 4.69) is 0 Å². The van der Waals surface area contributed by atoms with Gasteiger partial charge in [0, 0.05) is 11.1 Å². The molecule has 2 aliphatic rings. The summed E-state index contributed by atoms with van der Waals surface area (Å²) in [5, 5.41) is 0. The zero-order valence-electron chi connectivity index (χ0n) is 10.2. The smallest absolute Gasteiger partial charge is 0.257 e. The molecule has 1 aliphatic carbocycles.